The van der Waals surface area contributed by atoms with Crippen molar-refractivity contribution >= 4 is 22.6 Å². The molecule has 0 atom stereocenters. The third-order valence-electron chi connectivity index (χ3n) is 2.21. The van der Waals surface area contributed by atoms with Gasteiger partial charge >= 0.3 is 0 Å². The van der Waals surface area contributed by atoms with Gasteiger partial charge in [-0.25, -0.2) is 0 Å². The molecule has 0 aliphatic heterocycles. The molecule has 5 heteroatoms. The fourth-order valence-electron chi connectivity index (χ4n) is 1.27. The van der Waals surface area contributed by atoms with Gasteiger partial charge in [0.1, 0.15) is 5.75 Å². The van der Waals surface area contributed by atoms with Crippen LogP contribution in [0.15, 0.2) is 24.3 Å². The number of hydrogen-bond acceptors (Lipinski definition) is 3. The first-order chi connectivity index (χ1) is 7.63. The maximum absolute atomic E-state index is 5.38. The molecule has 1 aromatic carbocycles. The highest BCUT2D eigenvalue weighted by molar-refractivity contribution is 8.13. The summed E-state index contributed by atoms with van der Waals surface area (Å²) in [7, 11) is 3.70. The summed E-state index contributed by atoms with van der Waals surface area (Å²) in [6, 6.07) is 7.95. The van der Waals surface area contributed by atoms with E-state index in [1.807, 2.05) is 31.3 Å². The minimum Gasteiger partial charge on any atom is -0.497 e. The highest BCUT2D eigenvalue weighted by Crippen LogP contribution is 2.18. The molecule has 4 N–H and O–H groups in total. The first-order valence-corrected chi connectivity index (χ1v) is 5.98. The average molecular weight is 240 g/mol. The van der Waals surface area contributed by atoms with Gasteiger partial charge in [-0.3, -0.25) is 11.1 Å². The number of anilines is 1. The van der Waals surface area contributed by atoms with E-state index in [2.05, 4.69) is 4.90 Å². The summed E-state index contributed by atoms with van der Waals surface area (Å²) >= 11 is 1.47. The van der Waals surface area contributed by atoms with Crippen molar-refractivity contribution < 1.29 is 10.1 Å². The molecular formula is C11H18N3OS+. The van der Waals surface area contributed by atoms with E-state index in [9.17, 15) is 0 Å². The Balaban J connectivity index is 2.45. The van der Waals surface area contributed by atoms with Crippen molar-refractivity contribution in [2.75, 3.05) is 31.4 Å². The van der Waals surface area contributed by atoms with Gasteiger partial charge in [-0.2, -0.15) is 0 Å². The Morgan fingerprint density at radius 1 is 1.44 bits per heavy atom. The molecule has 0 aromatic heterocycles. The average Bonchev–Trinajstić information content (AvgIpc) is 2.28. The fraction of sp³-hybridized carbons (Fsp3) is 0.364. The second-order valence-corrected chi connectivity index (χ2v) is 4.54. The van der Waals surface area contributed by atoms with Crippen molar-refractivity contribution in [3.05, 3.63) is 24.3 Å². The van der Waals surface area contributed by atoms with Crippen LogP contribution in [0.4, 0.5) is 5.69 Å². The molecule has 0 spiro atoms. The summed E-state index contributed by atoms with van der Waals surface area (Å²) < 4.78 is 5.10. The lowest BCUT2D eigenvalue weighted by Crippen LogP contribution is -2.43. The molecular weight excluding hydrogens is 222 g/mol. The van der Waals surface area contributed by atoms with Gasteiger partial charge in [0, 0.05) is 25.0 Å². The summed E-state index contributed by atoms with van der Waals surface area (Å²) in [5.74, 6) is 1.75. The Hall–Kier alpha value is -1.36. The van der Waals surface area contributed by atoms with Crippen molar-refractivity contribution in [1.82, 2.24) is 0 Å². The lowest BCUT2D eigenvalue weighted by molar-refractivity contribution is -0.110. The van der Waals surface area contributed by atoms with Gasteiger partial charge in [-0.1, -0.05) is 0 Å². The Labute approximate surface area is 100 Å². The van der Waals surface area contributed by atoms with Crippen LogP contribution >= 0.6 is 11.8 Å². The van der Waals surface area contributed by atoms with E-state index < -0.39 is 0 Å². The van der Waals surface area contributed by atoms with Crippen LogP contribution in [0.1, 0.15) is 0 Å². The number of methoxy groups -OCH3 is 1. The van der Waals surface area contributed by atoms with Crippen molar-refractivity contribution in [3.63, 3.8) is 0 Å². The highest BCUT2D eigenvalue weighted by Gasteiger charge is 2.02. The van der Waals surface area contributed by atoms with E-state index in [1.165, 1.54) is 11.8 Å². The molecule has 0 saturated heterocycles. The quantitative estimate of drug-likeness (QED) is 0.559. The van der Waals surface area contributed by atoms with Gasteiger partial charge in [-0.05, 0) is 36.0 Å². The Kier molecular flexibility index (Phi) is 4.98. The first kappa shape index (κ1) is 12.7. The monoisotopic (exact) mass is 240 g/mol. The van der Waals surface area contributed by atoms with Crippen molar-refractivity contribution in [3.8, 4) is 5.75 Å². The molecule has 0 radical (unpaired) electrons. The molecule has 0 saturated carbocycles. The molecule has 1 rings (SSSR count). The summed E-state index contributed by atoms with van der Waals surface area (Å²) in [4.78, 5) is 2.15. The van der Waals surface area contributed by atoms with Gasteiger partial charge in [0.15, 0.2) is 0 Å². The summed E-state index contributed by atoms with van der Waals surface area (Å²) in [6.07, 6.45) is 0. The van der Waals surface area contributed by atoms with E-state index >= 15 is 0 Å². The lowest BCUT2D eigenvalue weighted by Gasteiger charge is -2.18. The zero-order valence-corrected chi connectivity index (χ0v) is 10.5. The summed E-state index contributed by atoms with van der Waals surface area (Å²) in [5.41, 5.74) is 6.53. The predicted octanol–water partition coefficient (Wildman–Crippen LogP) is -0.0616. The molecule has 0 fully saturated rings. The molecule has 0 aliphatic rings. The van der Waals surface area contributed by atoms with Gasteiger partial charge in [-0.15, -0.1) is 0 Å². The standard InChI is InChI=1S/C11H17N3OS/c1-14(7-8-16-11(12)13)9-3-5-10(15-2)6-4-9/h3-6H,7-8H2,1-2H3,(H3,12,13)/p+1. The number of rotatable bonds is 5. The minimum absolute atomic E-state index is 0.420. The van der Waals surface area contributed by atoms with Crippen LogP contribution in [0.5, 0.6) is 5.75 Å². The van der Waals surface area contributed by atoms with Gasteiger partial charge in [0.05, 0.1) is 7.11 Å². The number of hydrogen-bond donors (Lipinski definition) is 2. The maximum Gasteiger partial charge on any atom is 0.299 e. The highest BCUT2D eigenvalue weighted by atomic mass is 32.2. The van der Waals surface area contributed by atoms with Crippen LogP contribution in [0.2, 0.25) is 0 Å². The number of amidine groups is 1. The van der Waals surface area contributed by atoms with Gasteiger partial charge in [0.2, 0.25) is 0 Å². The maximum atomic E-state index is 5.38. The molecule has 0 bridgehead atoms. The topological polar surface area (TPSA) is 64.1 Å². The minimum atomic E-state index is 0.420. The van der Waals surface area contributed by atoms with Gasteiger partial charge < -0.3 is 9.64 Å². The second-order valence-electron chi connectivity index (χ2n) is 3.37. The number of thioether (sulfide) groups is 1. The zero-order chi connectivity index (χ0) is 12.0. The summed E-state index contributed by atoms with van der Waals surface area (Å²) in [5, 5.41) is 5.80. The predicted molar refractivity (Wildman–Crippen MR) is 69.8 cm³/mol. The van der Waals surface area contributed by atoms with E-state index in [0.717, 1.165) is 23.7 Å². The Morgan fingerprint density at radius 2 is 2.06 bits per heavy atom. The molecule has 88 valence electrons. The Morgan fingerprint density at radius 3 is 2.56 bits per heavy atom. The normalized spacial score (nSPS) is 9.88. The number of benzene rings is 1. The number of ether oxygens (including phenoxy) is 1. The first-order valence-electron chi connectivity index (χ1n) is 4.99. The van der Waals surface area contributed by atoms with Crippen molar-refractivity contribution in [2.45, 2.75) is 0 Å². The van der Waals surface area contributed by atoms with Crippen LogP contribution in [0.3, 0.4) is 0 Å². The second kappa shape index (κ2) is 6.27. The third kappa shape index (κ3) is 4.02. The Bertz CT molecular complexity index is 340. The molecule has 0 unspecified atom stereocenters. The third-order valence-corrected chi connectivity index (χ3v) is 2.93. The SMILES string of the molecule is COc1ccc(N(C)CCSC(N)=[NH2+])cc1. The molecule has 0 aliphatic carbocycles. The van der Waals surface area contributed by atoms with Crippen LogP contribution < -0.4 is 20.8 Å². The van der Waals surface area contributed by atoms with E-state index in [-0.39, 0.29) is 0 Å². The number of nitrogens with two attached hydrogens (primary N) is 2. The smallest absolute Gasteiger partial charge is 0.299 e. The van der Waals surface area contributed by atoms with Crippen molar-refractivity contribution in [1.29, 1.82) is 0 Å². The zero-order valence-electron chi connectivity index (χ0n) is 9.64. The molecule has 16 heavy (non-hydrogen) atoms. The van der Waals surface area contributed by atoms with E-state index in [0.29, 0.717) is 5.17 Å². The largest absolute Gasteiger partial charge is 0.497 e. The lowest BCUT2D eigenvalue weighted by atomic mass is 10.3. The fourth-order valence-corrected chi connectivity index (χ4v) is 1.87. The van der Waals surface area contributed by atoms with Crippen LogP contribution in [0, 0.1) is 0 Å². The molecule has 0 heterocycles. The number of nitrogens with zero attached hydrogens (tertiary/aromatic N) is 1. The van der Waals surface area contributed by atoms with Gasteiger partial charge in [0.25, 0.3) is 5.17 Å². The van der Waals surface area contributed by atoms with Crippen LogP contribution in [-0.4, -0.2) is 31.6 Å². The summed E-state index contributed by atoms with van der Waals surface area (Å²) in [6.45, 7) is 0.898. The van der Waals surface area contributed by atoms with E-state index in [1.54, 1.807) is 7.11 Å². The van der Waals surface area contributed by atoms with Crippen LogP contribution in [-0.2, 0) is 0 Å². The van der Waals surface area contributed by atoms with E-state index in [4.69, 9.17) is 15.9 Å². The van der Waals surface area contributed by atoms with Crippen LogP contribution in [0.25, 0.3) is 0 Å². The van der Waals surface area contributed by atoms with Crippen molar-refractivity contribution in [2.24, 2.45) is 5.73 Å². The molecule has 4 nitrogen and oxygen atoms in total. The molecule has 1 aromatic rings. The molecule has 0 amide bonds.